The van der Waals surface area contributed by atoms with Crippen molar-refractivity contribution in [3.05, 3.63) is 0 Å². The number of halogens is 1. The zero-order chi connectivity index (χ0) is 18.1. The molecule has 0 rings (SSSR count). The molecule has 0 aromatic heterocycles. The Morgan fingerprint density at radius 2 is 0.840 bits per heavy atom. The zero-order valence-corrected chi connectivity index (χ0v) is 17.5. The van der Waals surface area contributed by atoms with Crippen LogP contribution in [0, 0.1) is 0 Å². The van der Waals surface area contributed by atoms with Gasteiger partial charge in [0.2, 0.25) is 0 Å². The molecular weight excluding hydrogens is 338 g/mol. The van der Waals surface area contributed by atoms with Gasteiger partial charge >= 0.3 is 0 Å². The first-order valence-corrected chi connectivity index (χ1v) is 10.6. The maximum Gasteiger partial charge on any atom is 0.184 e. The van der Waals surface area contributed by atoms with Crippen LogP contribution in [-0.2, 0) is 0 Å². The zero-order valence-electron chi connectivity index (χ0n) is 16.8. The number of rotatable bonds is 18. The summed E-state index contributed by atoms with van der Waals surface area (Å²) in [6, 6.07) is -0.531. The Morgan fingerprint density at radius 3 is 1.12 bits per heavy atom. The minimum absolute atomic E-state index is 0. The van der Waals surface area contributed by atoms with Gasteiger partial charge in [0.25, 0.3) is 0 Å². The molecule has 0 aliphatic heterocycles. The molecule has 3 N–H and O–H groups in total. The summed E-state index contributed by atoms with van der Waals surface area (Å²) >= 11 is 0. The Bertz CT molecular complexity index is 260. The molecule has 0 aromatic carbocycles. The van der Waals surface area contributed by atoms with Crippen molar-refractivity contribution in [1.29, 1.82) is 0 Å². The van der Waals surface area contributed by atoms with Gasteiger partial charge in [-0.1, -0.05) is 103 Å². The van der Waals surface area contributed by atoms with E-state index in [4.69, 9.17) is 15.6 Å². The lowest BCUT2D eigenvalue weighted by Crippen LogP contribution is -3.00. The van der Waals surface area contributed by atoms with Crippen LogP contribution in [0.3, 0.4) is 0 Å². The van der Waals surface area contributed by atoms with Crippen LogP contribution in [0.1, 0.15) is 123 Å². The molecule has 0 bridgehead atoms. The predicted molar refractivity (Wildman–Crippen MR) is 99.2 cm³/mol. The van der Waals surface area contributed by atoms with E-state index in [1.54, 1.807) is 6.92 Å². The van der Waals surface area contributed by atoms with Crippen molar-refractivity contribution >= 4 is 0 Å². The highest BCUT2D eigenvalue weighted by molar-refractivity contribution is 4.51. The Balaban J connectivity index is 0. The van der Waals surface area contributed by atoms with Gasteiger partial charge in [0, 0.05) is 6.42 Å². The first-order chi connectivity index (χ1) is 11.5. The van der Waals surface area contributed by atoms with Crippen molar-refractivity contribution in [3.63, 3.8) is 0 Å². The Hall–Kier alpha value is 0.130. The maximum absolute atomic E-state index is 8.96. The molecule has 0 fully saturated rings. The molecule has 0 amide bonds. The number of hydrogen-bond acceptors (Lipinski definition) is 3. The molecule has 0 heterocycles. The van der Waals surface area contributed by atoms with E-state index < -0.39 is 11.0 Å². The summed E-state index contributed by atoms with van der Waals surface area (Å²) < 4.78 is 0. The fraction of sp³-hybridized carbons (Fsp3) is 1.00. The van der Waals surface area contributed by atoms with Crippen LogP contribution in [0.2, 0.25) is 0 Å². The standard InChI is InChI=1S/C20H44NO3.ClH/c1-3-4-5-6-7-8-9-10-11-12-13-14-15-16-17-18-19-20(2)21(22,23)24;/h20,22-24H,3-19H2,1-2H3;1H/q+1;/p-1. The highest BCUT2D eigenvalue weighted by Crippen LogP contribution is 2.15. The van der Waals surface area contributed by atoms with Crippen LogP contribution in [0.5, 0.6) is 0 Å². The van der Waals surface area contributed by atoms with Gasteiger partial charge in [0.1, 0.15) is 0 Å². The van der Waals surface area contributed by atoms with Crippen molar-refractivity contribution < 1.29 is 33.0 Å². The van der Waals surface area contributed by atoms with Crippen molar-refractivity contribution in [2.45, 2.75) is 129 Å². The molecule has 25 heavy (non-hydrogen) atoms. The lowest BCUT2D eigenvalue weighted by Gasteiger charge is -2.18. The van der Waals surface area contributed by atoms with E-state index in [-0.39, 0.29) is 12.4 Å². The summed E-state index contributed by atoms with van der Waals surface area (Å²) in [7, 11) is 0. The summed E-state index contributed by atoms with van der Waals surface area (Å²) in [6.45, 7) is 3.92. The lowest BCUT2D eigenvalue weighted by molar-refractivity contribution is -1.38. The van der Waals surface area contributed by atoms with Gasteiger partial charge in [-0.3, -0.25) is 0 Å². The number of hydrogen-bond donors (Lipinski definition) is 3. The fourth-order valence-electron chi connectivity index (χ4n) is 3.16. The summed E-state index contributed by atoms with van der Waals surface area (Å²) in [4.78, 5) is -1.89. The van der Waals surface area contributed by atoms with Gasteiger partial charge < -0.3 is 12.4 Å². The average molecular weight is 382 g/mol. The van der Waals surface area contributed by atoms with Crippen LogP contribution in [-0.4, -0.2) is 26.6 Å². The third kappa shape index (κ3) is 20.3. The highest BCUT2D eigenvalue weighted by Gasteiger charge is 2.28. The van der Waals surface area contributed by atoms with Gasteiger partial charge in [-0.05, 0) is 13.3 Å². The molecule has 0 aliphatic carbocycles. The summed E-state index contributed by atoms with van der Waals surface area (Å²) in [5.41, 5.74) is 0. The van der Waals surface area contributed by atoms with Crippen LogP contribution >= 0.6 is 0 Å². The molecule has 0 saturated heterocycles. The second-order valence-corrected chi connectivity index (χ2v) is 7.56. The van der Waals surface area contributed by atoms with Crippen LogP contribution in [0.4, 0.5) is 0 Å². The Morgan fingerprint density at radius 1 is 0.560 bits per heavy atom. The van der Waals surface area contributed by atoms with Gasteiger partial charge in [0.15, 0.2) is 6.04 Å². The smallest absolute Gasteiger partial charge is 0.184 e. The van der Waals surface area contributed by atoms with Crippen molar-refractivity contribution in [2.75, 3.05) is 0 Å². The van der Waals surface area contributed by atoms with E-state index in [0.29, 0.717) is 6.42 Å². The second kappa shape index (κ2) is 18.9. The molecular formula is C20H44ClNO3. The molecule has 0 spiro atoms. The third-order valence-corrected chi connectivity index (χ3v) is 5.07. The SMILES string of the molecule is CCCCCCCCCCCCCCCCCCC(C)[N+](O)(O)O.[Cl-]. The monoisotopic (exact) mass is 381 g/mol. The largest absolute Gasteiger partial charge is 1.00 e. The quantitative estimate of drug-likeness (QED) is 0.191. The first-order valence-electron chi connectivity index (χ1n) is 10.6. The minimum atomic E-state index is -1.89. The predicted octanol–water partition coefficient (Wildman–Crippen LogP) is 4.01. The topological polar surface area (TPSA) is 60.7 Å². The lowest BCUT2D eigenvalue weighted by atomic mass is 10.0. The summed E-state index contributed by atoms with van der Waals surface area (Å²) in [6.07, 6.45) is 22.0. The second-order valence-electron chi connectivity index (χ2n) is 7.56. The summed E-state index contributed by atoms with van der Waals surface area (Å²) in [5.74, 6) is 0. The van der Waals surface area contributed by atoms with Crippen molar-refractivity contribution in [2.24, 2.45) is 0 Å². The van der Waals surface area contributed by atoms with Gasteiger partial charge in [-0.2, -0.15) is 0 Å². The fourth-order valence-corrected chi connectivity index (χ4v) is 3.16. The number of nitrogens with zero attached hydrogens (tertiary/aromatic N) is 1. The number of hydroxylamine groups is 3. The van der Waals surface area contributed by atoms with E-state index in [9.17, 15) is 0 Å². The Labute approximate surface area is 162 Å². The van der Waals surface area contributed by atoms with E-state index in [0.717, 1.165) is 12.8 Å². The molecule has 154 valence electrons. The van der Waals surface area contributed by atoms with E-state index >= 15 is 0 Å². The average Bonchev–Trinajstić information content (AvgIpc) is 2.53. The summed E-state index contributed by atoms with van der Waals surface area (Å²) in [5, 5.41) is 26.9. The van der Waals surface area contributed by atoms with Crippen LogP contribution in [0.25, 0.3) is 0 Å². The van der Waals surface area contributed by atoms with Gasteiger partial charge in [0.05, 0.1) is 4.97 Å². The molecule has 0 aromatic rings. The Kier molecular flexibility index (Phi) is 20.7. The molecule has 0 saturated carbocycles. The normalized spacial score (nSPS) is 12.8. The third-order valence-electron chi connectivity index (χ3n) is 5.07. The molecule has 0 aliphatic rings. The molecule has 1 unspecified atom stereocenters. The maximum atomic E-state index is 8.96. The van der Waals surface area contributed by atoms with E-state index in [1.807, 2.05) is 0 Å². The molecule has 0 radical (unpaired) electrons. The van der Waals surface area contributed by atoms with E-state index in [2.05, 4.69) is 6.92 Å². The van der Waals surface area contributed by atoms with Crippen LogP contribution < -0.4 is 12.4 Å². The number of quaternary nitrogens is 1. The molecule has 5 heteroatoms. The molecule has 4 nitrogen and oxygen atoms in total. The van der Waals surface area contributed by atoms with Crippen LogP contribution in [0.15, 0.2) is 0 Å². The first kappa shape index (κ1) is 27.3. The van der Waals surface area contributed by atoms with Crippen molar-refractivity contribution in [1.82, 2.24) is 0 Å². The van der Waals surface area contributed by atoms with Gasteiger partial charge in [-0.25, -0.2) is 0 Å². The minimum Gasteiger partial charge on any atom is -1.00 e. The van der Waals surface area contributed by atoms with Crippen molar-refractivity contribution in [3.8, 4) is 0 Å². The van der Waals surface area contributed by atoms with E-state index in [1.165, 1.54) is 89.9 Å². The van der Waals surface area contributed by atoms with Gasteiger partial charge in [-0.15, -0.1) is 15.6 Å². The molecule has 1 atom stereocenters. The number of unbranched alkanes of at least 4 members (excludes halogenated alkanes) is 15. The highest BCUT2D eigenvalue weighted by atomic mass is 35.5.